The number of anilines is 1. The van der Waals surface area contributed by atoms with Crippen LogP contribution in [0.5, 0.6) is 0 Å². The molecule has 3 aromatic rings. The van der Waals surface area contributed by atoms with Crippen molar-refractivity contribution in [2.24, 2.45) is 13.0 Å². The molecule has 0 aliphatic carbocycles. The number of aliphatic hydroxyl groups is 1. The van der Waals surface area contributed by atoms with Gasteiger partial charge in [-0.15, -0.1) is 0 Å². The van der Waals surface area contributed by atoms with Crippen LogP contribution in [0.1, 0.15) is 52.1 Å². The van der Waals surface area contributed by atoms with Crippen LogP contribution < -0.4 is 10.5 Å². The normalized spacial score (nSPS) is 15.6. The Morgan fingerprint density at radius 2 is 1.94 bits per heavy atom. The van der Waals surface area contributed by atoms with E-state index < -0.39 is 5.60 Å². The summed E-state index contributed by atoms with van der Waals surface area (Å²) in [5, 5.41) is 10.8. The van der Waals surface area contributed by atoms with Gasteiger partial charge in [0.25, 0.3) is 5.56 Å². The van der Waals surface area contributed by atoms with Crippen molar-refractivity contribution in [2.75, 3.05) is 18.0 Å². The molecule has 0 unspecified atom stereocenters. The fourth-order valence-corrected chi connectivity index (χ4v) is 4.33. The van der Waals surface area contributed by atoms with Gasteiger partial charge >= 0.3 is 0 Å². The van der Waals surface area contributed by atoms with Gasteiger partial charge in [0.05, 0.1) is 23.2 Å². The van der Waals surface area contributed by atoms with E-state index >= 15 is 0 Å². The van der Waals surface area contributed by atoms with Gasteiger partial charge in [-0.1, -0.05) is 19.8 Å². The number of hydrogen-bond donors (Lipinski definition) is 1. The van der Waals surface area contributed by atoms with E-state index in [0.717, 1.165) is 43.1 Å². The lowest BCUT2D eigenvalue weighted by molar-refractivity contribution is 0.0739. The molecule has 0 bridgehead atoms. The second-order valence-corrected chi connectivity index (χ2v) is 9.10. The number of nitrogens with zero attached hydrogens (tertiary/aromatic N) is 5. The quantitative estimate of drug-likeness (QED) is 0.677. The maximum absolute atomic E-state index is 13.0. The molecule has 0 atom stereocenters. The van der Waals surface area contributed by atoms with Crippen LogP contribution in [0.4, 0.5) is 5.82 Å². The van der Waals surface area contributed by atoms with Crippen molar-refractivity contribution in [1.29, 1.82) is 0 Å². The van der Waals surface area contributed by atoms with Crippen molar-refractivity contribution >= 4 is 16.7 Å². The van der Waals surface area contributed by atoms with Crippen molar-refractivity contribution in [3.8, 4) is 11.3 Å². The lowest BCUT2D eigenvalue weighted by atomic mass is 9.92. The molecule has 0 amide bonds. The van der Waals surface area contributed by atoms with Crippen LogP contribution in [0, 0.1) is 5.92 Å². The van der Waals surface area contributed by atoms with E-state index in [2.05, 4.69) is 21.8 Å². The van der Waals surface area contributed by atoms with Crippen LogP contribution in [0.2, 0.25) is 0 Å². The monoisotopic (exact) mass is 421 g/mol. The summed E-state index contributed by atoms with van der Waals surface area (Å²) in [6, 6.07) is 5.58. The van der Waals surface area contributed by atoms with Gasteiger partial charge in [-0.2, -0.15) is 0 Å². The molecule has 7 nitrogen and oxygen atoms in total. The molecule has 4 rings (SSSR count). The molecule has 1 aliphatic heterocycles. The zero-order chi connectivity index (χ0) is 22.2. The number of rotatable bonds is 5. The molecule has 0 spiro atoms. The first-order chi connectivity index (χ1) is 14.8. The smallest absolute Gasteiger partial charge is 0.264 e. The third-order valence-corrected chi connectivity index (χ3v) is 6.18. The minimum absolute atomic E-state index is 0.0785. The lowest BCUT2D eigenvalue weighted by Gasteiger charge is -2.33. The van der Waals surface area contributed by atoms with E-state index in [4.69, 9.17) is 4.98 Å². The zero-order valence-electron chi connectivity index (χ0n) is 18.8. The summed E-state index contributed by atoms with van der Waals surface area (Å²) >= 11 is 0. The van der Waals surface area contributed by atoms with Gasteiger partial charge in [-0.05, 0) is 50.8 Å². The van der Waals surface area contributed by atoms with Crippen molar-refractivity contribution in [3.63, 3.8) is 0 Å². The number of pyridine rings is 2. The van der Waals surface area contributed by atoms with Gasteiger partial charge in [0.1, 0.15) is 16.8 Å². The van der Waals surface area contributed by atoms with E-state index in [1.54, 1.807) is 33.4 Å². The molecule has 164 valence electrons. The molecule has 0 radical (unpaired) electrons. The van der Waals surface area contributed by atoms with Gasteiger partial charge < -0.3 is 14.6 Å². The van der Waals surface area contributed by atoms with Crippen LogP contribution in [0.15, 0.2) is 35.5 Å². The number of hydrogen-bond acceptors (Lipinski definition) is 6. The first kappa shape index (κ1) is 21.4. The summed E-state index contributed by atoms with van der Waals surface area (Å²) < 4.78 is 1.51. The molecule has 1 N–H and O–H groups in total. The minimum atomic E-state index is -1.00. The van der Waals surface area contributed by atoms with Crippen LogP contribution in [0.25, 0.3) is 22.2 Å². The maximum atomic E-state index is 13.0. The largest absolute Gasteiger partial charge is 0.384 e. The molecule has 0 saturated carbocycles. The molecule has 1 aliphatic rings. The fraction of sp³-hybridized carbons (Fsp3) is 0.500. The molecular formula is C24H31N5O2. The maximum Gasteiger partial charge on any atom is 0.264 e. The van der Waals surface area contributed by atoms with E-state index in [1.807, 2.05) is 18.2 Å². The molecule has 1 saturated heterocycles. The van der Waals surface area contributed by atoms with Crippen LogP contribution >= 0.6 is 0 Å². The lowest BCUT2D eigenvalue weighted by Crippen LogP contribution is -2.35. The minimum Gasteiger partial charge on any atom is -0.384 e. The summed E-state index contributed by atoms with van der Waals surface area (Å²) in [5.41, 5.74) is 1.72. The average molecular weight is 422 g/mol. The van der Waals surface area contributed by atoms with Gasteiger partial charge in [0, 0.05) is 31.9 Å². The predicted molar refractivity (Wildman–Crippen MR) is 123 cm³/mol. The number of aryl methyl sites for hydroxylation is 1. The highest BCUT2D eigenvalue weighted by molar-refractivity contribution is 5.91. The van der Waals surface area contributed by atoms with Gasteiger partial charge in [-0.25, -0.2) is 9.97 Å². The topological polar surface area (TPSA) is 84.1 Å². The predicted octanol–water partition coefficient (Wildman–Crippen LogP) is 3.63. The van der Waals surface area contributed by atoms with Crippen molar-refractivity contribution in [3.05, 3.63) is 46.8 Å². The molecule has 31 heavy (non-hydrogen) atoms. The van der Waals surface area contributed by atoms with Crippen molar-refractivity contribution in [2.45, 2.75) is 52.1 Å². The Balaban J connectivity index is 1.79. The Hall–Kier alpha value is -2.80. The Morgan fingerprint density at radius 1 is 1.19 bits per heavy atom. The fourth-order valence-electron chi connectivity index (χ4n) is 4.33. The highest BCUT2D eigenvalue weighted by Gasteiger charge is 2.24. The number of piperidine rings is 1. The Labute approximate surface area is 182 Å². The first-order valence-corrected chi connectivity index (χ1v) is 11.1. The summed E-state index contributed by atoms with van der Waals surface area (Å²) in [7, 11) is 1.72. The molecule has 0 aromatic carbocycles. The zero-order valence-corrected chi connectivity index (χ0v) is 18.8. The molecule has 3 aromatic heterocycles. The second-order valence-electron chi connectivity index (χ2n) is 9.10. The summed E-state index contributed by atoms with van der Waals surface area (Å²) in [4.78, 5) is 29.1. The Morgan fingerprint density at radius 3 is 2.55 bits per heavy atom. The van der Waals surface area contributed by atoms with Crippen molar-refractivity contribution in [1.82, 2.24) is 19.5 Å². The summed E-state index contributed by atoms with van der Waals surface area (Å²) in [5.74, 6) is 1.46. The van der Waals surface area contributed by atoms with Crippen LogP contribution in [0.3, 0.4) is 0 Å². The Bertz CT molecular complexity index is 1120. The van der Waals surface area contributed by atoms with Gasteiger partial charge in [0.2, 0.25) is 0 Å². The molecular weight excluding hydrogens is 390 g/mol. The number of fused-ring (bicyclic) bond motifs is 1. The molecule has 1 fully saturated rings. The van der Waals surface area contributed by atoms with Crippen LogP contribution in [-0.2, 0) is 12.6 Å². The average Bonchev–Trinajstić information content (AvgIpc) is 2.76. The Kier molecular flexibility index (Phi) is 5.79. The van der Waals surface area contributed by atoms with Crippen molar-refractivity contribution < 1.29 is 5.11 Å². The van der Waals surface area contributed by atoms with E-state index in [1.165, 1.54) is 17.4 Å². The number of aromatic nitrogens is 4. The van der Waals surface area contributed by atoms with E-state index in [-0.39, 0.29) is 5.56 Å². The second kappa shape index (κ2) is 8.38. The van der Waals surface area contributed by atoms with E-state index in [9.17, 15) is 9.90 Å². The highest BCUT2D eigenvalue weighted by atomic mass is 16.3. The third kappa shape index (κ3) is 4.32. The van der Waals surface area contributed by atoms with Gasteiger partial charge in [-0.3, -0.25) is 9.78 Å². The first-order valence-electron chi connectivity index (χ1n) is 11.1. The third-order valence-electron chi connectivity index (χ3n) is 6.18. The summed E-state index contributed by atoms with van der Waals surface area (Å²) in [6.45, 7) is 7.44. The van der Waals surface area contributed by atoms with Crippen LogP contribution in [-0.4, -0.2) is 37.7 Å². The van der Waals surface area contributed by atoms with Gasteiger partial charge in [0.15, 0.2) is 0 Å². The molecule has 7 heteroatoms. The summed E-state index contributed by atoms with van der Waals surface area (Å²) in [6.07, 6.45) is 7.97. The highest BCUT2D eigenvalue weighted by Crippen LogP contribution is 2.31. The molecule has 4 heterocycles. The SMILES string of the molecule is CCCC1CCN(c2nc(-c3ccc(C(C)(C)O)nc3)cc3ncn(C)c(=O)c23)CC1. The standard InChI is InChI=1S/C24H31N5O2/c1-5-6-16-9-11-29(12-10-16)22-21-19(26-15-28(4)23(21)30)13-18(27-22)17-7-8-20(25-14-17)24(2,3)31/h7-8,13-16,31H,5-6,9-12H2,1-4H3. The van der Waals surface area contributed by atoms with E-state index in [0.29, 0.717) is 22.4 Å².